The van der Waals surface area contributed by atoms with Gasteiger partial charge in [-0.1, -0.05) is 54.6 Å². The van der Waals surface area contributed by atoms with Crippen LogP contribution in [-0.2, 0) is 0 Å². The maximum absolute atomic E-state index is 12.9. The van der Waals surface area contributed by atoms with Gasteiger partial charge < -0.3 is 9.72 Å². The molecule has 2 aliphatic rings. The van der Waals surface area contributed by atoms with Gasteiger partial charge in [-0.05, 0) is 42.0 Å². The molecular formula is C33H30N6O3. The van der Waals surface area contributed by atoms with Gasteiger partial charge in [-0.2, -0.15) is 0 Å². The van der Waals surface area contributed by atoms with Crippen LogP contribution in [0.3, 0.4) is 0 Å². The third-order valence-electron chi connectivity index (χ3n) is 7.83. The summed E-state index contributed by atoms with van der Waals surface area (Å²) in [5.41, 5.74) is 9.47. The second-order valence-corrected chi connectivity index (χ2v) is 10.4. The van der Waals surface area contributed by atoms with Gasteiger partial charge in [0.05, 0.1) is 22.4 Å². The second-order valence-electron chi connectivity index (χ2n) is 10.4. The number of hydrogen-bond donors (Lipinski definition) is 2. The van der Waals surface area contributed by atoms with Crippen LogP contribution in [-0.4, -0.2) is 70.9 Å². The van der Waals surface area contributed by atoms with Crippen molar-refractivity contribution >= 4 is 28.8 Å². The number of hydrogen-bond acceptors (Lipinski definition) is 6. The highest BCUT2D eigenvalue weighted by Crippen LogP contribution is 2.38. The molecule has 0 saturated carbocycles. The summed E-state index contributed by atoms with van der Waals surface area (Å²) in [6.07, 6.45) is 1.83. The largest absolute Gasteiger partial charge is 0.492 e. The highest BCUT2D eigenvalue weighted by molar-refractivity contribution is 6.02. The molecule has 0 bridgehead atoms. The number of hydrazine groups is 1. The predicted molar refractivity (Wildman–Crippen MR) is 164 cm³/mol. The fraction of sp³-hybridized carbons (Fsp3) is 0.182. The molecule has 1 amide bonds. The average Bonchev–Trinajstić information content (AvgIpc) is 3.26. The number of fused-ring (bicyclic) bond motifs is 2. The summed E-state index contributed by atoms with van der Waals surface area (Å²) in [7, 11) is 0. The zero-order chi connectivity index (χ0) is 28.5. The zero-order valence-electron chi connectivity index (χ0n) is 23.0. The van der Waals surface area contributed by atoms with E-state index in [-0.39, 0.29) is 11.6 Å². The normalized spacial score (nSPS) is 14.9. The Kier molecular flexibility index (Phi) is 6.87. The topological polar surface area (TPSA) is 95.0 Å². The van der Waals surface area contributed by atoms with Gasteiger partial charge >= 0.3 is 5.69 Å². The van der Waals surface area contributed by atoms with Crippen molar-refractivity contribution in [3.8, 4) is 22.6 Å². The van der Waals surface area contributed by atoms with Crippen LogP contribution in [0.2, 0.25) is 0 Å². The van der Waals surface area contributed by atoms with Gasteiger partial charge in [0.1, 0.15) is 12.4 Å². The van der Waals surface area contributed by atoms with Crippen LogP contribution in [0.5, 0.6) is 5.75 Å². The van der Waals surface area contributed by atoms with Crippen molar-refractivity contribution in [2.75, 3.05) is 39.3 Å². The fourth-order valence-corrected chi connectivity index (χ4v) is 5.64. The molecule has 42 heavy (non-hydrogen) atoms. The summed E-state index contributed by atoms with van der Waals surface area (Å²) in [4.78, 5) is 35.4. The van der Waals surface area contributed by atoms with Gasteiger partial charge in [0.25, 0.3) is 5.91 Å². The van der Waals surface area contributed by atoms with Gasteiger partial charge in [0.2, 0.25) is 0 Å². The van der Waals surface area contributed by atoms with Crippen molar-refractivity contribution in [3.63, 3.8) is 0 Å². The number of aromatic amines is 1. The van der Waals surface area contributed by atoms with Crippen LogP contribution >= 0.6 is 0 Å². The van der Waals surface area contributed by atoms with Crippen LogP contribution in [0.25, 0.3) is 27.8 Å². The van der Waals surface area contributed by atoms with Gasteiger partial charge in [0, 0.05) is 55.6 Å². The lowest BCUT2D eigenvalue weighted by molar-refractivity contribution is 0.0590. The first-order chi connectivity index (χ1) is 20.6. The predicted octanol–water partition coefficient (Wildman–Crippen LogP) is 4.39. The number of carbonyl (C=O) groups excluding carboxylic acids is 1. The fourth-order valence-electron chi connectivity index (χ4n) is 5.64. The average molecular weight is 559 g/mol. The lowest BCUT2D eigenvalue weighted by Gasteiger charge is -2.34. The summed E-state index contributed by atoms with van der Waals surface area (Å²) in [5, 5.41) is 1.98. The molecule has 1 saturated heterocycles. The number of nitrogens with one attached hydrogen (secondary N) is 2. The Morgan fingerprint density at radius 1 is 0.881 bits per heavy atom. The van der Waals surface area contributed by atoms with E-state index in [2.05, 4.69) is 15.3 Å². The highest BCUT2D eigenvalue weighted by atomic mass is 16.5. The van der Waals surface area contributed by atoms with E-state index in [4.69, 9.17) is 9.73 Å². The number of carbonyl (C=O) groups is 1. The van der Waals surface area contributed by atoms with Crippen molar-refractivity contribution in [1.29, 1.82) is 0 Å². The molecule has 3 heterocycles. The minimum atomic E-state index is -0.177. The molecule has 4 aromatic carbocycles. The number of nitrogens with zero attached hydrogens (tertiary/aromatic N) is 4. The molecule has 0 atom stereocenters. The van der Waals surface area contributed by atoms with E-state index in [9.17, 15) is 9.59 Å². The smallest absolute Gasteiger partial charge is 0.331 e. The number of piperazine rings is 1. The maximum atomic E-state index is 12.9. The molecule has 5 aromatic rings. The molecule has 0 radical (unpaired) electrons. The minimum absolute atomic E-state index is 0.0741. The number of benzene rings is 4. The number of ether oxygens (including phenoxy) is 1. The Labute approximate surface area is 242 Å². The number of para-hydroxylation sites is 2. The Morgan fingerprint density at radius 3 is 2.48 bits per heavy atom. The Bertz CT molecular complexity index is 1830. The zero-order valence-corrected chi connectivity index (χ0v) is 23.0. The van der Waals surface area contributed by atoms with E-state index in [1.165, 1.54) is 0 Å². The van der Waals surface area contributed by atoms with Crippen molar-refractivity contribution in [1.82, 2.24) is 24.9 Å². The van der Waals surface area contributed by atoms with Crippen LogP contribution in [0, 0.1) is 0 Å². The molecule has 2 aliphatic heterocycles. The van der Waals surface area contributed by atoms with Crippen LogP contribution in [0.4, 0.5) is 5.69 Å². The number of amides is 1. The molecule has 2 N–H and O–H groups in total. The minimum Gasteiger partial charge on any atom is -0.492 e. The standard InChI is InChI=1S/C33H30N6O3/c40-32(24-6-2-1-3-7-24)36-38-18-16-37(17-19-38)20-21-42-26-14-12-23(13-15-26)27-9-5-11-29-30(27)34-22-25-8-4-10-28-31(25)39(29)33(41)35-28/h1-15,22H,16-21H2,(H,35,41)(H,36,40). The van der Waals surface area contributed by atoms with E-state index in [1.54, 1.807) is 4.57 Å². The first-order valence-corrected chi connectivity index (χ1v) is 14.1. The van der Waals surface area contributed by atoms with Gasteiger partial charge in [0.15, 0.2) is 0 Å². The number of aromatic nitrogens is 2. The first-order valence-electron chi connectivity index (χ1n) is 14.1. The van der Waals surface area contributed by atoms with E-state index < -0.39 is 0 Å². The van der Waals surface area contributed by atoms with E-state index in [0.29, 0.717) is 12.2 Å². The summed E-state index contributed by atoms with van der Waals surface area (Å²) in [6, 6.07) is 29.0. The molecule has 0 aliphatic carbocycles. The van der Waals surface area contributed by atoms with Crippen molar-refractivity contribution in [3.05, 3.63) is 113 Å². The molecule has 0 spiro atoms. The highest BCUT2D eigenvalue weighted by Gasteiger charge is 2.21. The SMILES string of the molecule is O=C(NN1CCN(CCOc2ccc(-c3cccc4c3N=Cc3cccc5[nH]c(=O)n-4c35)cc2)CC1)c1ccccc1. The monoisotopic (exact) mass is 558 g/mol. The lowest BCUT2D eigenvalue weighted by atomic mass is 10.0. The molecule has 9 heteroatoms. The molecule has 7 rings (SSSR count). The molecule has 210 valence electrons. The van der Waals surface area contributed by atoms with Crippen LogP contribution in [0.15, 0.2) is 101 Å². The third-order valence-corrected chi connectivity index (χ3v) is 7.83. The van der Waals surface area contributed by atoms with E-state index in [1.807, 2.05) is 102 Å². The molecular weight excluding hydrogens is 528 g/mol. The molecule has 9 nitrogen and oxygen atoms in total. The first kappa shape index (κ1) is 25.9. The number of rotatable bonds is 7. The Balaban J connectivity index is 0.971. The summed E-state index contributed by atoms with van der Waals surface area (Å²) >= 11 is 0. The Hall–Kier alpha value is -4.99. The second kappa shape index (κ2) is 11.1. The quantitative estimate of drug-likeness (QED) is 0.303. The summed E-state index contributed by atoms with van der Waals surface area (Å²) in [6.45, 7) is 4.63. The van der Waals surface area contributed by atoms with Gasteiger partial charge in [-0.15, -0.1) is 0 Å². The Morgan fingerprint density at radius 2 is 1.67 bits per heavy atom. The summed E-state index contributed by atoms with van der Waals surface area (Å²) < 4.78 is 7.78. The van der Waals surface area contributed by atoms with Crippen molar-refractivity contribution < 1.29 is 9.53 Å². The number of H-pyrrole nitrogens is 1. The summed E-state index contributed by atoms with van der Waals surface area (Å²) in [5.74, 6) is 0.726. The molecule has 0 unspecified atom stereocenters. The number of aliphatic imine (C=N–C) groups is 1. The maximum Gasteiger partial charge on any atom is 0.331 e. The molecule has 1 aromatic heterocycles. The van der Waals surface area contributed by atoms with Crippen LogP contribution < -0.4 is 15.9 Å². The van der Waals surface area contributed by atoms with E-state index >= 15 is 0 Å². The van der Waals surface area contributed by atoms with Crippen molar-refractivity contribution in [2.45, 2.75) is 0 Å². The van der Waals surface area contributed by atoms with Gasteiger partial charge in [-0.3, -0.25) is 24.7 Å². The molecule has 1 fully saturated rings. The third kappa shape index (κ3) is 5.00. The van der Waals surface area contributed by atoms with Crippen molar-refractivity contribution in [2.24, 2.45) is 4.99 Å². The lowest BCUT2D eigenvalue weighted by Crippen LogP contribution is -2.54. The number of imidazole rings is 1. The van der Waals surface area contributed by atoms with Crippen LogP contribution in [0.1, 0.15) is 15.9 Å². The van der Waals surface area contributed by atoms with E-state index in [0.717, 1.165) is 77.6 Å². The van der Waals surface area contributed by atoms with Gasteiger partial charge in [-0.25, -0.2) is 9.80 Å².